The zero-order chi connectivity index (χ0) is 29.8. The summed E-state index contributed by atoms with van der Waals surface area (Å²) in [6.45, 7) is -9.50. The number of ether oxygens (including phenoxy) is 1. The summed E-state index contributed by atoms with van der Waals surface area (Å²) >= 11 is 8.09. The molecule has 3 fully saturated rings. The molecule has 0 spiro atoms. The molecule has 3 aromatic rings. The van der Waals surface area contributed by atoms with Gasteiger partial charge in [-0.05, 0) is 12.5 Å². The van der Waals surface area contributed by atoms with E-state index < -0.39 is 81.1 Å². The Balaban J connectivity index is 1.29. The SMILES string of the molecule is Nc1nc2c(ncn2[C@@H]2O[C@@H]3CO[P@@](=O)(S)O[C@@H]4[C@@H](CO[P@@](=O)(S)O[C@@H]2[C@@H]3O)C[C@@H](Nc2ccncn2)[C@H]4F)c(=O)[nH]1. The summed E-state index contributed by atoms with van der Waals surface area (Å²) in [5, 5.41) is 14.0. The van der Waals surface area contributed by atoms with Crippen molar-refractivity contribution >= 4 is 61.0 Å². The Labute approximate surface area is 246 Å². The smallest absolute Gasteiger partial charge is 0.386 e. The van der Waals surface area contributed by atoms with Crippen molar-refractivity contribution in [3.8, 4) is 0 Å². The number of aromatic nitrogens is 6. The number of aliphatic hydroxyl groups excluding tert-OH is 1. The van der Waals surface area contributed by atoms with Crippen LogP contribution in [0.2, 0.25) is 0 Å². The van der Waals surface area contributed by atoms with E-state index in [4.69, 9.17) is 28.6 Å². The van der Waals surface area contributed by atoms with Crippen LogP contribution in [0.5, 0.6) is 0 Å². The maximum atomic E-state index is 15.6. The molecule has 3 aromatic heterocycles. The molecule has 17 nitrogen and oxygen atoms in total. The Hall–Kier alpha value is -2.12. The Bertz CT molecular complexity index is 1620. The minimum absolute atomic E-state index is 0.0205. The largest absolute Gasteiger partial charge is 0.387 e. The number of halogens is 1. The van der Waals surface area contributed by atoms with Crippen LogP contribution < -0.4 is 16.6 Å². The quantitative estimate of drug-likeness (QED) is 0.172. The molecule has 22 heteroatoms. The predicted octanol–water partition coefficient (Wildman–Crippen LogP) is 1.48. The number of nitrogens with one attached hydrogen (secondary N) is 2. The van der Waals surface area contributed by atoms with Crippen LogP contribution in [0.3, 0.4) is 0 Å². The van der Waals surface area contributed by atoms with Crippen molar-refractivity contribution in [2.75, 3.05) is 24.3 Å². The number of anilines is 2. The highest BCUT2D eigenvalue weighted by molar-refractivity contribution is 8.44. The first-order chi connectivity index (χ1) is 19.9. The van der Waals surface area contributed by atoms with Gasteiger partial charge in [0.15, 0.2) is 17.4 Å². The minimum Gasteiger partial charge on any atom is -0.387 e. The second kappa shape index (κ2) is 11.4. The predicted molar refractivity (Wildman–Crippen MR) is 150 cm³/mol. The van der Waals surface area contributed by atoms with Gasteiger partial charge in [0.2, 0.25) is 5.95 Å². The van der Waals surface area contributed by atoms with Gasteiger partial charge in [0.1, 0.15) is 42.7 Å². The normalized spacial score (nSPS) is 39.2. The first-order valence-electron chi connectivity index (χ1n) is 12.4. The van der Waals surface area contributed by atoms with Crippen LogP contribution in [-0.4, -0.2) is 84.4 Å². The third-order valence-electron chi connectivity index (χ3n) is 7.04. The fraction of sp³-hybridized carbons (Fsp3) is 0.550. The summed E-state index contributed by atoms with van der Waals surface area (Å²) < 4.78 is 71.6. The molecule has 0 unspecified atom stereocenters. The van der Waals surface area contributed by atoms with E-state index in [-0.39, 0.29) is 23.5 Å². The van der Waals surface area contributed by atoms with E-state index in [1.807, 2.05) is 0 Å². The topological polar surface area (TPSA) is 228 Å². The van der Waals surface area contributed by atoms with Crippen molar-refractivity contribution in [1.29, 1.82) is 0 Å². The molecule has 2 bridgehead atoms. The molecule has 2 aliphatic heterocycles. The molecule has 2 saturated heterocycles. The fourth-order valence-corrected chi connectivity index (χ4v) is 8.16. The van der Waals surface area contributed by atoms with Crippen molar-refractivity contribution in [1.82, 2.24) is 29.5 Å². The molecular weight excluding hydrogens is 641 g/mol. The number of hydrogen-bond acceptors (Lipinski definition) is 15. The molecule has 5 heterocycles. The third-order valence-corrected chi connectivity index (χ3v) is 10.3. The van der Waals surface area contributed by atoms with Gasteiger partial charge in [-0.25, -0.2) is 28.5 Å². The van der Waals surface area contributed by atoms with Crippen molar-refractivity contribution in [2.24, 2.45) is 5.92 Å². The number of aliphatic hydroxyl groups is 1. The number of hydrogen-bond donors (Lipinski definition) is 6. The van der Waals surface area contributed by atoms with Gasteiger partial charge in [0.25, 0.3) is 5.56 Å². The number of fused-ring (bicyclic) bond motifs is 4. The Kier molecular flexibility index (Phi) is 8.14. The molecule has 42 heavy (non-hydrogen) atoms. The zero-order valence-corrected chi connectivity index (χ0v) is 24.8. The number of H-pyrrole nitrogens is 1. The van der Waals surface area contributed by atoms with Crippen LogP contribution >= 0.6 is 38.1 Å². The van der Waals surface area contributed by atoms with Crippen LogP contribution in [0.4, 0.5) is 16.2 Å². The minimum atomic E-state index is -4.28. The molecule has 228 valence electrons. The van der Waals surface area contributed by atoms with E-state index in [2.05, 4.69) is 54.7 Å². The van der Waals surface area contributed by atoms with Gasteiger partial charge >= 0.3 is 13.6 Å². The van der Waals surface area contributed by atoms with Crippen molar-refractivity contribution in [3.05, 3.63) is 35.3 Å². The summed E-state index contributed by atoms with van der Waals surface area (Å²) in [5.74, 6) is -0.674. The highest BCUT2D eigenvalue weighted by Gasteiger charge is 2.52. The average Bonchev–Trinajstić information content (AvgIpc) is 3.57. The molecule has 5 N–H and O–H groups in total. The maximum absolute atomic E-state index is 15.6. The van der Waals surface area contributed by atoms with Crippen LogP contribution in [-0.2, 0) is 32.0 Å². The lowest BCUT2D eigenvalue weighted by molar-refractivity contribution is -0.0498. The maximum Gasteiger partial charge on any atom is 0.386 e. The number of nitrogen functional groups attached to an aromatic ring is 1. The van der Waals surface area contributed by atoms with E-state index in [1.54, 1.807) is 6.07 Å². The van der Waals surface area contributed by atoms with E-state index in [1.165, 1.54) is 23.4 Å². The van der Waals surface area contributed by atoms with Gasteiger partial charge in [-0.15, -0.1) is 0 Å². The number of alkyl halides is 1. The molecule has 1 saturated carbocycles. The summed E-state index contributed by atoms with van der Waals surface area (Å²) in [4.78, 5) is 30.5. The lowest BCUT2D eigenvalue weighted by atomic mass is 10.1. The van der Waals surface area contributed by atoms with Gasteiger partial charge in [-0.2, -0.15) is 4.98 Å². The van der Waals surface area contributed by atoms with Gasteiger partial charge in [-0.3, -0.25) is 27.9 Å². The average molecular weight is 667 g/mol. The van der Waals surface area contributed by atoms with Gasteiger partial charge in [0.05, 0.1) is 25.6 Å². The Morgan fingerprint density at radius 3 is 2.64 bits per heavy atom. The number of aromatic amines is 1. The number of thiol groups is 2. The molecule has 0 amide bonds. The second-order valence-electron chi connectivity index (χ2n) is 9.79. The highest BCUT2D eigenvalue weighted by atomic mass is 32.7. The van der Waals surface area contributed by atoms with Crippen molar-refractivity contribution in [3.63, 3.8) is 0 Å². The molecule has 10 atom stereocenters. The number of imidazole rings is 1. The summed E-state index contributed by atoms with van der Waals surface area (Å²) in [7, 11) is 0. The number of rotatable bonds is 3. The monoisotopic (exact) mass is 666 g/mol. The van der Waals surface area contributed by atoms with Gasteiger partial charge in [0, 0.05) is 12.1 Å². The Morgan fingerprint density at radius 2 is 1.90 bits per heavy atom. The number of nitrogens with zero attached hydrogens (tertiary/aromatic N) is 5. The van der Waals surface area contributed by atoms with Crippen LogP contribution in [0, 0.1) is 5.92 Å². The molecule has 1 aliphatic carbocycles. The lowest BCUT2D eigenvalue weighted by Crippen LogP contribution is -2.35. The van der Waals surface area contributed by atoms with Crippen LogP contribution in [0.25, 0.3) is 11.2 Å². The van der Waals surface area contributed by atoms with E-state index in [9.17, 15) is 19.0 Å². The van der Waals surface area contributed by atoms with Crippen LogP contribution in [0.1, 0.15) is 12.6 Å². The molecular formula is C20H25FN8O9P2S2. The summed E-state index contributed by atoms with van der Waals surface area (Å²) in [6, 6.07) is 0.685. The van der Waals surface area contributed by atoms with E-state index >= 15 is 4.39 Å². The third kappa shape index (κ3) is 5.97. The molecule has 0 radical (unpaired) electrons. The molecule has 3 aliphatic rings. The van der Waals surface area contributed by atoms with Crippen molar-refractivity contribution < 1.29 is 41.5 Å². The lowest BCUT2D eigenvalue weighted by Gasteiger charge is -2.27. The Morgan fingerprint density at radius 1 is 1.17 bits per heavy atom. The second-order valence-corrected chi connectivity index (χ2v) is 15.5. The molecule has 6 rings (SSSR count). The van der Waals surface area contributed by atoms with E-state index in [0.29, 0.717) is 5.82 Å². The first kappa shape index (κ1) is 29.9. The fourth-order valence-electron chi connectivity index (χ4n) is 5.14. The van der Waals surface area contributed by atoms with E-state index in [0.717, 1.165) is 0 Å². The van der Waals surface area contributed by atoms with Crippen molar-refractivity contribution in [2.45, 2.75) is 49.3 Å². The number of nitrogens with two attached hydrogens (primary N) is 1. The first-order valence-corrected chi connectivity index (χ1v) is 17.8. The summed E-state index contributed by atoms with van der Waals surface area (Å²) in [6.07, 6.45) is -4.61. The summed E-state index contributed by atoms with van der Waals surface area (Å²) in [5.41, 5.74) is 4.95. The van der Waals surface area contributed by atoms with Gasteiger partial charge in [-0.1, -0.05) is 24.5 Å². The van der Waals surface area contributed by atoms with Crippen LogP contribution in [0.15, 0.2) is 29.7 Å². The molecule has 0 aromatic carbocycles. The zero-order valence-electron chi connectivity index (χ0n) is 21.2. The standard InChI is InChI=1S/C20H25FN8O9P2S2/c21-12-9(26-11-1-2-23-6-24-11)3-8-4-34-39(32,41)38-16-14(30)10(5-35-40(33,42)37-15(8)12)36-19(16)29-7-25-13-17(29)27-20(22)28-18(13)31/h1-2,6-10,12,14-16,19,30H,3-5H2,(H,32,41)(H,33,42)(H,23,24,26)(H3,22,27,28,31)/t8-,9-,10-,12-,14-,15-,16-,19-,39-,40-/m1/s1. The van der Waals surface area contributed by atoms with Gasteiger partial charge < -0.3 is 25.4 Å². The highest BCUT2D eigenvalue weighted by Crippen LogP contribution is 2.60.